The number of amides is 2. The van der Waals surface area contributed by atoms with Crippen molar-refractivity contribution in [3.05, 3.63) is 95.6 Å². The molecule has 0 saturated heterocycles. The molecule has 4 rings (SSSR count). The van der Waals surface area contributed by atoms with Crippen molar-refractivity contribution < 1.29 is 32.3 Å². The van der Waals surface area contributed by atoms with Crippen molar-refractivity contribution in [2.24, 2.45) is 5.14 Å². The second-order valence-electron chi connectivity index (χ2n) is 7.76. The molecule has 3 aromatic rings. The highest BCUT2D eigenvalue weighted by Crippen LogP contribution is 2.26. The lowest BCUT2D eigenvalue weighted by Crippen LogP contribution is -2.47. The molecule has 0 unspecified atom stereocenters. The number of rotatable bonds is 9. The van der Waals surface area contributed by atoms with E-state index in [1.165, 1.54) is 24.3 Å². The van der Waals surface area contributed by atoms with Crippen molar-refractivity contribution >= 4 is 27.8 Å². The van der Waals surface area contributed by atoms with Crippen molar-refractivity contribution in [3.63, 3.8) is 0 Å². The molecule has 2 N–H and O–H groups in total. The number of nitrogens with two attached hydrogens (primary N) is 1. The first kappa shape index (κ1) is 24.1. The van der Waals surface area contributed by atoms with Gasteiger partial charge in [-0.2, -0.15) is 0 Å². The number of hydrogen-bond acceptors (Lipinski definition) is 7. The summed E-state index contributed by atoms with van der Waals surface area (Å²) in [6, 6.07) is 19.7. The topological polar surface area (TPSA) is 133 Å². The minimum absolute atomic E-state index is 0.0271. The van der Waals surface area contributed by atoms with Crippen LogP contribution in [0.15, 0.2) is 83.8 Å². The molecule has 35 heavy (non-hydrogen) atoms. The van der Waals surface area contributed by atoms with Crippen molar-refractivity contribution in [3.8, 4) is 5.75 Å². The Morgan fingerprint density at radius 2 is 1.40 bits per heavy atom. The number of fused-ring (bicyclic) bond motifs is 1. The molecule has 0 aromatic heterocycles. The maximum Gasteiger partial charge on any atom is 0.329 e. The standard InChI is InChI=1S/C25H22N2O7S/c26-35(31,32)19-12-10-18(11-13-19)33-14-15-34-25(30)22(16-17-6-2-1-3-7-17)27-23(28)20-8-4-5-9-21(20)24(27)29/h1-13,22H,14-16H2,(H2,26,31,32)/t22-/m0/s1. The van der Waals surface area contributed by atoms with Crippen LogP contribution < -0.4 is 9.88 Å². The second kappa shape index (κ2) is 10.1. The molecule has 1 atom stereocenters. The largest absolute Gasteiger partial charge is 0.490 e. The first-order valence-corrected chi connectivity index (χ1v) is 12.2. The number of sulfonamides is 1. The zero-order chi connectivity index (χ0) is 25.0. The molecular formula is C25H22N2O7S. The van der Waals surface area contributed by atoms with E-state index in [1.807, 2.05) is 6.07 Å². The summed E-state index contributed by atoms with van der Waals surface area (Å²) in [4.78, 5) is 39.9. The minimum atomic E-state index is -3.81. The third-order valence-corrected chi connectivity index (χ3v) is 6.36. The Morgan fingerprint density at radius 1 is 0.829 bits per heavy atom. The van der Waals surface area contributed by atoms with Gasteiger partial charge in [-0.15, -0.1) is 0 Å². The number of carbonyl (C=O) groups excluding carboxylic acids is 3. The van der Waals surface area contributed by atoms with E-state index in [-0.39, 0.29) is 35.7 Å². The van der Waals surface area contributed by atoms with Gasteiger partial charge in [0.2, 0.25) is 10.0 Å². The van der Waals surface area contributed by atoms with E-state index in [2.05, 4.69) is 0 Å². The van der Waals surface area contributed by atoms with Crippen LogP contribution in [0, 0.1) is 0 Å². The monoisotopic (exact) mass is 494 g/mol. The summed E-state index contributed by atoms with van der Waals surface area (Å²) >= 11 is 0. The van der Waals surface area contributed by atoms with Gasteiger partial charge in [-0.1, -0.05) is 42.5 Å². The fourth-order valence-corrected chi connectivity index (χ4v) is 4.25. The van der Waals surface area contributed by atoms with E-state index in [0.29, 0.717) is 5.75 Å². The molecule has 0 fully saturated rings. The first-order chi connectivity index (χ1) is 16.8. The number of hydrogen-bond donors (Lipinski definition) is 1. The van der Waals surface area contributed by atoms with Gasteiger partial charge in [-0.05, 0) is 42.0 Å². The molecule has 0 spiro atoms. The average Bonchev–Trinajstić information content (AvgIpc) is 3.10. The maximum atomic E-state index is 13.0. The highest BCUT2D eigenvalue weighted by atomic mass is 32.2. The molecule has 9 nitrogen and oxygen atoms in total. The highest BCUT2D eigenvalue weighted by molar-refractivity contribution is 7.89. The quantitative estimate of drug-likeness (QED) is 0.274. The van der Waals surface area contributed by atoms with Gasteiger partial charge < -0.3 is 9.47 Å². The van der Waals surface area contributed by atoms with Gasteiger partial charge >= 0.3 is 5.97 Å². The maximum absolute atomic E-state index is 13.0. The van der Waals surface area contributed by atoms with Crippen molar-refractivity contribution in [1.29, 1.82) is 0 Å². The SMILES string of the molecule is NS(=O)(=O)c1ccc(OCCOC(=O)[C@H](Cc2ccccc2)N2C(=O)c3ccccc3C2=O)cc1. The number of primary sulfonamides is 1. The number of ether oxygens (including phenoxy) is 2. The average molecular weight is 495 g/mol. The number of imide groups is 1. The molecule has 180 valence electrons. The predicted octanol–water partition coefficient (Wildman–Crippen LogP) is 2.16. The number of benzene rings is 3. The molecule has 1 aliphatic rings. The van der Waals surface area contributed by atoms with Gasteiger partial charge in [-0.25, -0.2) is 18.4 Å². The smallest absolute Gasteiger partial charge is 0.329 e. The van der Waals surface area contributed by atoms with Gasteiger partial charge in [0.25, 0.3) is 11.8 Å². The summed E-state index contributed by atoms with van der Waals surface area (Å²) in [5.74, 6) is -1.48. The Bertz CT molecular complexity index is 1320. The van der Waals surface area contributed by atoms with Crippen LogP contribution in [0.2, 0.25) is 0 Å². The fourth-order valence-electron chi connectivity index (χ4n) is 3.73. The van der Waals surface area contributed by atoms with Crippen molar-refractivity contribution in [2.75, 3.05) is 13.2 Å². The van der Waals surface area contributed by atoms with Crippen LogP contribution in [-0.2, 0) is 26.0 Å². The van der Waals surface area contributed by atoms with Crippen LogP contribution in [0.5, 0.6) is 5.75 Å². The number of nitrogens with zero attached hydrogens (tertiary/aromatic N) is 1. The Balaban J connectivity index is 1.43. The molecule has 3 aromatic carbocycles. The lowest BCUT2D eigenvalue weighted by Gasteiger charge is -2.24. The summed E-state index contributed by atoms with van der Waals surface area (Å²) in [5.41, 5.74) is 1.25. The van der Waals surface area contributed by atoms with Gasteiger partial charge in [0, 0.05) is 6.42 Å². The zero-order valence-electron chi connectivity index (χ0n) is 18.5. The Hall–Kier alpha value is -4.02. The van der Waals surface area contributed by atoms with Crippen LogP contribution in [0.1, 0.15) is 26.3 Å². The molecule has 0 saturated carbocycles. The summed E-state index contributed by atoms with van der Waals surface area (Å²) in [6.07, 6.45) is 0.0982. The number of esters is 1. The van der Waals surface area contributed by atoms with Crippen molar-refractivity contribution in [1.82, 2.24) is 4.90 Å². The third-order valence-electron chi connectivity index (χ3n) is 5.43. The van der Waals surface area contributed by atoms with Crippen LogP contribution in [0.3, 0.4) is 0 Å². The van der Waals surface area contributed by atoms with Gasteiger partial charge in [0.15, 0.2) is 0 Å². The zero-order valence-corrected chi connectivity index (χ0v) is 19.3. The molecular weight excluding hydrogens is 472 g/mol. The van der Waals surface area contributed by atoms with E-state index >= 15 is 0 Å². The molecule has 1 heterocycles. The molecule has 0 radical (unpaired) electrons. The van der Waals surface area contributed by atoms with Crippen molar-refractivity contribution in [2.45, 2.75) is 17.4 Å². The van der Waals surface area contributed by atoms with Crippen LogP contribution >= 0.6 is 0 Å². The van der Waals surface area contributed by atoms with E-state index in [4.69, 9.17) is 14.6 Å². The molecule has 0 bridgehead atoms. The number of carbonyl (C=O) groups is 3. The molecule has 0 aliphatic carbocycles. The Labute approximate surface area is 202 Å². The van der Waals surface area contributed by atoms with Crippen LogP contribution in [0.25, 0.3) is 0 Å². The van der Waals surface area contributed by atoms with Crippen LogP contribution in [-0.4, -0.2) is 50.4 Å². The van der Waals surface area contributed by atoms with E-state index < -0.39 is 33.8 Å². The van der Waals surface area contributed by atoms with E-state index in [0.717, 1.165) is 10.5 Å². The molecule has 2 amide bonds. The third kappa shape index (κ3) is 5.39. The Kier molecular flexibility index (Phi) is 6.94. The normalized spacial score (nSPS) is 13.9. The predicted molar refractivity (Wildman–Crippen MR) is 125 cm³/mol. The summed E-state index contributed by atoms with van der Waals surface area (Å²) in [5, 5.41) is 5.07. The fraction of sp³-hybridized carbons (Fsp3) is 0.160. The van der Waals surface area contributed by atoms with Gasteiger partial charge in [0.1, 0.15) is 25.0 Å². The minimum Gasteiger partial charge on any atom is -0.490 e. The second-order valence-corrected chi connectivity index (χ2v) is 9.33. The summed E-state index contributed by atoms with van der Waals surface area (Å²) < 4.78 is 33.5. The van der Waals surface area contributed by atoms with Gasteiger partial charge in [0.05, 0.1) is 16.0 Å². The highest BCUT2D eigenvalue weighted by Gasteiger charge is 2.43. The molecule has 1 aliphatic heterocycles. The van der Waals surface area contributed by atoms with E-state index in [1.54, 1.807) is 48.5 Å². The van der Waals surface area contributed by atoms with Gasteiger partial charge in [-0.3, -0.25) is 14.5 Å². The first-order valence-electron chi connectivity index (χ1n) is 10.7. The van der Waals surface area contributed by atoms with E-state index in [9.17, 15) is 22.8 Å². The lowest BCUT2D eigenvalue weighted by molar-refractivity contribution is -0.149. The summed E-state index contributed by atoms with van der Waals surface area (Å²) in [7, 11) is -3.81. The lowest BCUT2D eigenvalue weighted by atomic mass is 10.0. The Morgan fingerprint density at radius 3 is 1.97 bits per heavy atom. The molecule has 10 heteroatoms. The summed E-state index contributed by atoms with van der Waals surface area (Å²) in [6.45, 7) is -0.176. The van der Waals surface area contributed by atoms with Crippen LogP contribution in [0.4, 0.5) is 0 Å².